The van der Waals surface area contributed by atoms with Gasteiger partial charge in [-0.25, -0.2) is 0 Å². The highest BCUT2D eigenvalue weighted by molar-refractivity contribution is 5.22. The summed E-state index contributed by atoms with van der Waals surface area (Å²) in [4.78, 5) is 0. The minimum absolute atomic E-state index is 0.0731. The summed E-state index contributed by atoms with van der Waals surface area (Å²) < 4.78 is 0. The minimum Gasteiger partial charge on any atom is -0.195 e. The van der Waals surface area contributed by atoms with Gasteiger partial charge in [0.15, 0.2) is 11.1 Å². The summed E-state index contributed by atoms with van der Waals surface area (Å²) >= 11 is 0. The van der Waals surface area contributed by atoms with Crippen LogP contribution in [0.5, 0.6) is 0 Å². The lowest BCUT2D eigenvalue weighted by atomic mass is 9.89. The molecule has 0 saturated carbocycles. The molecule has 0 rings (SSSR count). The molecular weight excluding hydrogens is 272 g/mol. The molecule has 4 unspecified atom stereocenters. The Labute approximate surface area is 133 Å². The summed E-state index contributed by atoms with van der Waals surface area (Å²) in [5.41, 5.74) is -2.34. The number of hydrogen-bond acceptors (Lipinski definition) is 4. The molecule has 0 aliphatic carbocycles. The Morgan fingerprint density at radius 1 is 0.864 bits per heavy atom. The minimum atomic E-state index is -1.17. The third-order valence-corrected chi connectivity index (χ3v) is 3.54. The summed E-state index contributed by atoms with van der Waals surface area (Å²) in [5, 5.41) is 27.2. The molecular formula is C18H24N4. The molecule has 4 heteroatoms. The highest BCUT2D eigenvalue weighted by Crippen LogP contribution is 2.28. The van der Waals surface area contributed by atoms with Gasteiger partial charge in [0, 0.05) is 0 Å². The summed E-state index contributed by atoms with van der Waals surface area (Å²) in [7, 11) is 0. The Morgan fingerprint density at radius 3 is 1.36 bits per heavy atom. The molecule has 0 radical (unpaired) electrons. The van der Waals surface area contributed by atoms with E-state index in [0.717, 1.165) is 0 Å². The lowest BCUT2D eigenvalue weighted by molar-refractivity contribution is 0.448. The maximum absolute atomic E-state index is 9.46. The number of rotatable bonds is 10. The highest BCUT2D eigenvalue weighted by atomic mass is 15.2. The topological polar surface area (TPSA) is 72.3 Å². The van der Waals surface area contributed by atoms with E-state index in [0.29, 0.717) is 12.8 Å². The van der Waals surface area contributed by atoms with Gasteiger partial charge in [-0.3, -0.25) is 0 Å². The first-order chi connectivity index (χ1) is 10.4. The van der Waals surface area contributed by atoms with E-state index >= 15 is 0 Å². The molecule has 0 fully saturated rings. The van der Waals surface area contributed by atoms with Crippen LogP contribution in [0.25, 0.3) is 0 Å². The molecule has 0 aromatic rings. The second-order valence-electron chi connectivity index (χ2n) is 5.51. The quantitative estimate of drug-likeness (QED) is 0.430. The van der Waals surface area contributed by atoms with E-state index in [9.17, 15) is 10.5 Å². The summed E-state index contributed by atoms with van der Waals surface area (Å²) in [5.74, 6) is 0.146. The number of hydrogen-bond donors (Lipinski definition) is 0. The maximum atomic E-state index is 9.46. The van der Waals surface area contributed by atoms with Crippen LogP contribution in [-0.2, 0) is 0 Å². The summed E-state index contributed by atoms with van der Waals surface area (Å²) in [6.07, 6.45) is 7.23. The molecule has 0 heterocycles. The van der Waals surface area contributed by atoms with Crippen LogP contribution >= 0.6 is 0 Å². The van der Waals surface area contributed by atoms with Crippen molar-refractivity contribution < 1.29 is 0 Å². The van der Waals surface area contributed by atoms with Gasteiger partial charge >= 0.3 is 0 Å². The van der Waals surface area contributed by atoms with Crippen molar-refractivity contribution in [2.24, 2.45) is 22.1 Å². The van der Waals surface area contributed by atoms with E-state index in [2.05, 4.69) is 48.7 Å². The van der Waals surface area contributed by atoms with Crippen molar-refractivity contribution in [3.8, 4) is 12.1 Å². The van der Waals surface area contributed by atoms with Crippen molar-refractivity contribution in [3.63, 3.8) is 0 Å². The maximum Gasteiger partial charge on any atom is 0.185 e. The van der Waals surface area contributed by atoms with Crippen molar-refractivity contribution in [2.45, 2.75) is 37.8 Å². The van der Waals surface area contributed by atoms with Gasteiger partial charge in [0.05, 0.1) is 12.1 Å². The molecule has 4 atom stereocenters. The van der Waals surface area contributed by atoms with Crippen LogP contribution in [0.15, 0.2) is 60.8 Å². The zero-order valence-electron chi connectivity index (χ0n) is 13.5. The standard InChI is InChI=1S/C18H24N4/c1-7-15(5)11-17(9-3,13-19)21-22-18(10-4,14-20)12-16(6)8-2/h7-10,15-16H,1-4,11-12H2,5-6H3. The second-order valence-corrected chi connectivity index (χ2v) is 5.51. The van der Waals surface area contributed by atoms with E-state index in [1.807, 2.05) is 13.8 Å². The van der Waals surface area contributed by atoms with Gasteiger partial charge < -0.3 is 0 Å². The molecule has 0 N–H and O–H groups in total. The molecule has 4 nitrogen and oxygen atoms in total. The van der Waals surface area contributed by atoms with Crippen molar-refractivity contribution in [2.75, 3.05) is 0 Å². The van der Waals surface area contributed by atoms with E-state index in [-0.39, 0.29) is 11.8 Å². The average Bonchev–Trinajstić information content (AvgIpc) is 2.56. The lowest BCUT2D eigenvalue weighted by Crippen LogP contribution is -2.28. The van der Waals surface area contributed by atoms with Crippen LogP contribution in [-0.4, -0.2) is 11.1 Å². The number of nitrogens with zero attached hydrogens (tertiary/aromatic N) is 4. The first-order valence-corrected chi connectivity index (χ1v) is 7.15. The lowest BCUT2D eigenvalue weighted by Gasteiger charge is -2.23. The highest BCUT2D eigenvalue weighted by Gasteiger charge is 2.32. The Bertz CT molecular complexity index is 486. The van der Waals surface area contributed by atoms with Crippen molar-refractivity contribution in [3.05, 3.63) is 50.6 Å². The molecule has 0 aromatic heterocycles. The smallest absolute Gasteiger partial charge is 0.185 e. The average molecular weight is 296 g/mol. The zero-order chi connectivity index (χ0) is 17.2. The van der Waals surface area contributed by atoms with Gasteiger partial charge in [-0.1, -0.05) is 39.2 Å². The van der Waals surface area contributed by atoms with Crippen LogP contribution < -0.4 is 0 Å². The van der Waals surface area contributed by atoms with Crippen LogP contribution in [0, 0.1) is 34.5 Å². The summed E-state index contributed by atoms with van der Waals surface area (Å²) in [6.45, 7) is 18.7. The van der Waals surface area contributed by atoms with Crippen LogP contribution in [0.1, 0.15) is 26.7 Å². The molecule has 0 aromatic carbocycles. The molecule has 0 aliphatic rings. The van der Waals surface area contributed by atoms with Crippen LogP contribution in [0.4, 0.5) is 0 Å². The van der Waals surface area contributed by atoms with Gasteiger partial charge in [0.1, 0.15) is 0 Å². The third kappa shape index (κ3) is 5.14. The van der Waals surface area contributed by atoms with Gasteiger partial charge in [-0.15, -0.1) is 13.2 Å². The largest absolute Gasteiger partial charge is 0.195 e. The van der Waals surface area contributed by atoms with Crippen LogP contribution in [0.3, 0.4) is 0 Å². The normalized spacial score (nSPS) is 18.7. The van der Waals surface area contributed by atoms with Gasteiger partial charge in [-0.05, 0) is 36.8 Å². The van der Waals surface area contributed by atoms with E-state index in [1.54, 1.807) is 12.2 Å². The van der Waals surface area contributed by atoms with Gasteiger partial charge in [0.2, 0.25) is 0 Å². The monoisotopic (exact) mass is 296 g/mol. The van der Waals surface area contributed by atoms with Crippen molar-refractivity contribution >= 4 is 0 Å². The van der Waals surface area contributed by atoms with Crippen molar-refractivity contribution in [1.29, 1.82) is 10.5 Å². The second kappa shape index (κ2) is 8.74. The first-order valence-electron chi connectivity index (χ1n) is 7.15. The van der Waals surface area contributed by atoms with Crippen molar-refractivity contribution in [1.82, 2.24) is 0 Å². The van der Waals surface area contributed by atoms with E-state index in [1.165, 1.54) is 12.2 Å². The van der Waals surface area contributed by atoms with Gasteiger partial charge in [0.25, 0.3) is 0 Å². The molecule has 0 amide bonds. The SMILES string of the molecule is C=CC(C)CC(C#N)(C=C)N=NC(C#N)(C=C)CC(C)C=C. The molecule has 0 spiro atoms. The first kappa shape index (κ1) is 19.5. The fraction of sp³-hybridized carbons (Fsp3) is 0.444. The predicted octanol–water partition coefficient (Wildman–Crippen LogP) is 4.76. The number of nitriles is 2. The Balaban J connectivity index is 5.60. The predicted molar refractivity (Wildman–Crippen MR) is 89.9 cm³/mol. The van der Waals surface area contributed by atoms with E-state index in [4.69, 9.17) is 0 Å². The number of allylic oxidation sites excluding steroid dienone is 2. The van der Waals surface area contributed by atoms with Crippen LogP contribution in [0.2, 0.25) is 0 Å². The fourth-order valence-corrected chi connectivity index (χ4v) is 1.88. The summed E-state index contributed by atoms with van der Waals surface area (Å²) in [6, 6.07) is 4.26. The van der Waals surface area contributed by atoms with Gasteiger partial charge in [-0.2, -0.15) is 20.8 Å². The fourth-order valence-electron chi connectivity index (χ4n) is 1.88. The Morgan fingerprint density at radius 2 is 1.18 bits per heavy atom. The molecule has 0 saturated heterocycles. The molecule has 0 bridgehead atoms. The van der Waals surface area contributed by atoms with E-state index < -0.39 is 11.1 Å². The Kier molecular flexibility index (Phi) is 7.77. The third-order valence-electron chi connectivity index (χ3n) is 3.54. The molecule has 22 heavy (non-hydrogen) atoms. The molecule has 116 valence electrons. The number of azo groups is 1. The zero-order valence-corrected chi connectivity index (χ0v) is 13.5. The Hall–Kier alpha value is -2.46. The molecule has 0 aliphatic heterocycles.